The van der Waals surface area contributed by atoms with Crippen molar-refractivity contribution in [3.8, 4) is 0 Å². The maximum Gasteiger partial charge on any atom is 0.233 e. The zero-order valence-electron chi connectivity index (χ0n) is 10.4. The Balaban J connectivity index is 2.00. The number of hydrogen-bond donors (Lipinski definition) is 1. The molecule has 1 saturated carbocycles. The minimum Gasteiger partial charge on any atom is -0.313 e. The SMILES string of the molecule is CCNC(C)CN1C(=O)C2C(C1=O)C2(C)C. The number of carbonyl (C=O) groups excluding carboxylic acids is 2. The summed E-state index contributed by atoms with van der Waals surface area (Å²) < 4.78 is 0. The van der Waals surface area contributed by atoms with Crippen LogP contribution in [0, 0.1) is 17.3 Å². The molecule has 1 N–H and O–H groups in total. The number of likely N-dealkylation sites (tertiary alicyclic amines) is 1. The summed E-state index contributed by atoms with van der Waals surface area (Å²) in [7, 11) is 0. The lowest BCUT2D eigenvalue weighted by Crippen LogP contribution is -2.44. The van der Waals surface area contributed by atoms with E-state index >= 15 is 0 Å². The van der Waals surface area contributed by atoms with Gasteiger partial charge in [0.25, 0.3) is 0 Å². The van der Waals surface area contributed by atoms with E-state index < -0.39 is 0 Å². The van der Waals surface area contributed by atoms with E-state index in [9.17, 15) is 9.59 Å². The van der Waals surface area contributed by atoms with E-state index in [0.717, 1.165) is 6.54 Å². The molecule has 2 aliphatic rings. The summed E-state index contributed by atoms with van der Waals surface area (Å²) in [4.78, 5) is 25.4. The number of carbonyl (C=O) groups is 2. The third kappa shape index (κ3) is 1.47. The van der Waals surface area contributed by atoms with Crippen molar-refractivity contribution in [1.29, 1.82) is 0 Å². The summed E-state index contributed by atoms with van der Waals surface area (Å²) in [6.07, 6.45) is 0. The summed E-state index contributed by atoms with van der Waals surface area (Å²) in [5, 5.41) is 3.22. The topological polar surface area (TPSA) is 49.4 Å². The van der Waals surface area contributed by atoms with E-state index in [1.165, 1.54) is 4.90 Å². The third-order valence-corrected chi connectivity index (χ3v) is 3.90. The van der Waals surface area contributed by atoms with Crippen LogP contribution in [-0.4, -0.2) is 35.8 Å². The van der Waals surface area contributed by atoms with E-state index in [2.05, 4.69) is 5.32 Å². The number of rotatable bonds is 4. The largest absolute Gasteiger partial charge is 0.313 e. The van der Waals surface area contributed by atoms with Crippen LogP contribution >= 0.6 is 0 Å². The monoisotopic (exact) mass is 224 g/mol. The van der Waals surface area contributed by atoms with Gasteiger partial charge in [0, 0.05) is 12.6 Å². The van der Waals surface area contributed by atoms with Gasteiger partial charge in [0.1, 0.15) is 0 Å². The Morgan fingerprint density at radius 1 is 1.31 bits per heavy atom. The standard InChI is InChI=1S/C12H20N2O2/c1-5-13-7(2)6-14-10(15)8-9(11(14)16)12(8,3)4/h7-9,13H,5-6H2,1-4H3. The first-order chi connectivity index (χ1) is 7.41. The molecule has 2 rings (SSSR count). The van der Waals surface area contributed by atoms with Crippen LogP contribution in [0.25, 0.3) is 0 Å². The van der Waals surface area contributed by atoms with Crippen molar-refractivity contribution in [2.45, 2.75) is 33.7 Å². The van der Waals surface area contributed by atoms with Gasteiger partial charge in [-0.15, -0.1) is 0 Å². The van der Waals surface area contributed by atoms with Crippen LogP contribution in [0.5, 0.6) is 0 Å². The van der Waals surface area contributed by atoms with Crippen LogP contribution in [0.2, 0.25) is 0 Å². The molecule has 1 aliphatic carbocycles. The second kappa shape index (κ2) is 3.55. The normalized spacial score (nSPS) is 32.9. The fraction of sp³-hybridized carbons (Fsp3) is 0.833. The van der Waals surface area contributed by atoms with Gasteiger partial charge in [0.05, 0.1) is 11.8 Å². The maximum absolute atomic E-state index is 12.0. The number of nitrogens with zero attached hydrogens (tertiary/aromatic N) is 1. The van der Waals surface area contributed by atoms with Gasteiger partial charge in [-0.2, -0.15) is 0 Å². The summed E-state index contributed by atoms with van der Waals surface area (Å²) in [5.41, 5.74) is -0.0912. The van der Waals surface area contributed by atoms with Crippen molar-refractivity contribution in [3.05, 3.63) is 0 Å². The number of likely N-dealkylation sites (N-methyl/N-ethyl adjacent to an activating group) is 1. The number of imide groups is 1. The average molecular weight is 224 g/mol. The molecular weight excluding hydrogens is 204 g/mol. The van der Waals surface area contributed by atoms with E-state index in [1.54, 1.807) is 0 Å². The van der Waals surface area contributed by atoms with Crippen molar-refractivity contribution >= 4 is 11.8 Å². The second-order valence-electron chi connectivity index (χ2n) is 5.52. The summed E-state index contributed by atoms with van der Waals surface area (Å²) >= 11 is 0. The first-order valence-corrected chi connectivity index (χ1v) is 5.99. The van der Waals surface area contributed by atoms with Crippen molar-refractivity contribution in [2.24, 2.45) is 17.3 Å². The molecule has 1 heterocycles. The predicted octanol–water partition coefficient (Wildman–Crippen LogP) is 0.625. The molecule has 0 spiro atoms. The van der Waals surface area contributed by atoms with E-state index in [-0.39, 0.29) is 35.1 Å². The molecule has 3 unspecified atom stereocenters. The molecule has 0 radical (unpaired) electrons. The average Bonchev–Trinajstić information content (AvgIpc) is 2.66. The number of piperidine rings is 1. The highest BCUT2D eigenvalue weighted by Gasteiger charge is 2.72. The Kier molecular flexibility index (Phi) is 2.57. The summed E-state index contributed by atoms with van der Waals surface area (Å²) in [6.45, 7) is 9.39. The third-order valence-electron chi connectivity index (χ3n) is 3.90. The molecular formula is C12H20N2O2. The summed E-state index contributed by atoms with van der Waals surface area (Å²) in [6, 6.07) is 0.179. The lowest BCUT2D eigenvalue weighted by Gasteiger charge is -2.24. The number of fused-ring (bicyclic) bond motifs is 1. The number of hydrogen-bond acceptors (Lipinski definition) is 3. The highest BCUT2D eigenvalue weighted by Crippen LogP contribution is 2.63. The lowest BCUT2D eigenvalue weighted by molar-refractivity contribution is -0.143. The van der Waals surface area contributed by atoms with Gasteiger partial charge >= 0.3 is 0 Å². The molecule has 3 atom stereocenters. The molecule has 0 aromatic rings. The molecule has 4 heteroatoms. The quantitative estimate of drug-likeness (QED) is 0.712. The minimum atomic E-state index is -0.0912. The Morgan fingerprint density at radius 2 is 1.81 bits per heavy atom. The highest BCUT2D eigenvalue weighted by atomic mass is 16.2. The van der Waals surface area contributed by atoms with Gasteiger partial charge in [-0.3, -0.25) is 14.5 Å². The minimum absolute atomic E-state index is 0.0322. The molecule has 16 heavy (non-hydrogen) atoms. The van der Waals surface area contributed by atoms with Crippen LogP contribution < -0.4 is 5.32 Å². The van der Waals surface area contributed by atoms with Gasteiger partial charge in [-0.1, -0.05) is 20.8 Å². The van der Waals surface area contributed by atoms with Gasteiger partial charge in [-0.25, -0.2) is 0 Å². The van der Waals surface area contributed by atoms with E-state index in [1.807, 2.05) is 27.7 Å². The van der Waals surface area contributed by atoms with Crippen LogP contribution in [-0.2, 0) is 9.59 Å². The predicted molar refractivity (Wildman–Crippen MR) is 60.6 cm³/mol. The molecule has 2 amide bonds. The smallest absolute Gasteiger partial charge is 0.233 e. The molecule has 90 valence electrons. The van der Waals surface area contributed by atoms with Crippen molar-refractivity contribution < 1.29 is 9.59 Å². The van der Waals surface area contributed by atoms with Crippen molar-refractivity contribution in [3.63, 3.8) is 0 Å². The van der Waals surface area contributed by atoms with Crippen LogP contribution in [0.4, 0.5) is 0 Å². The van der Waals surface area contributed by atoms with Gasteiger partial charge < -0.3 is 5.32 Å². The molecule has 1 aliphatic heterocycles. The zero-order chi connectivity index (χ0) is 12.1. The lowest BCUT2D eigenvalue weighted by atomic mass is 10.1. The Hall–Kier alpha value is -0.900. The first kappa shape index (κ1) is 11.6. The molecule has 4 nitrogen and oxygen atoms in total. The number of amides is 2. The van der Waals surface area contributed by atoms with E-state index in [4.69, 9.17) is 0 Å². The Labute approximate surface area is 96.4 Å². The van der Waals surface area contributed by atoms with Crippen LogP contribution in [0.1, 0.15) is 27.7 Å². The molecule has 2 fully saturated rings. The Bertz CT molecular complexity index is 314. The van der Waals surface area contributed by atoms with Crippen molar-refractivity contribution in [2.75, 3.05) is 13.1 Å². The Morgan fingerprint density at radius 3 is 2.25 bits per heavy atom. The number of nitrogens with one attached hydrogen (secondary N) is 1. The second-order valence-corrected chi connectivity index (χ2v) is 5.52. The van der Waals surface area contributed by atoms with Gasteiger partial charge in [0.15, 0.2) is 0 Å². The fourth-order valence-corrected chi connectivity index (χ4v) is 2.87. The van der Waals surface area contributed by atoms with Crippen molar-refractivity contribution in [1.82, 2.24) is 10.2 Å². The molecule has 0 aromatic carbocycles. The molecule has 0 aromatic heterocycles. The summed E-state index contributed by atoms with van der Waals surface area (Å²) in [5.74, 6) is -0.0304. The van der Waals surface area contributed by atoms with Gasteiger partial charge in [0.2, 0.25) is 11.8 Å². The fourth-order valence-electron chi connectivity index (χ4n) is 2.87. The molecule has 0 bridgehead atoms. The highest BCUT2D eigenvalue weighted by molar-refractivity contribution is 6.10. The molecule has 1 saturated heterocycles. The zero-order valence-corrected chi connectivity index (χ0v) is 10.4. The maximum atomic E-state index is 12.0. The van der Waals surface area contributed by atoms with Crippen LogP contribution in [0.15, 0.2) is 0 Å². The van der Waals surface area contributed by atoms with E-state index in [0.29, 0.717) is 6.54 Å². The van der Waals surface area contributed by atoms with Gasteiger partial charge in [-0.05, 0) is 18.9 Å². The van der Waals surface area contributed by atoms with Crippen LogP contribution in [0.3, 0.4) is 0 Å². The first-order valence-electron chi connectivity index (χ1n) is 5.99.